The van der Waals surface area contributed by atoms with Crippen molar-refractivity contribution in [3.8, 4) is 33.9 Å². The summed E-state index contributed by atoms with van der Waals surface area (Å²) in [5.41, 5.74) is 8.33. The number of hydrogen-bond acceptors (Lipinski definition) is 5. The lowest BCUT2D eigenvalue weighted by molar-refractivity contribution is 0.668. The summed E-state index contributed by atoms with van der Waals surface area (Å²) in [5, 5.41) is 4.17. The van der Waals surface area contributed by atoms with E-state index in [0.29, 0.717) is 17.5 Å². The van der Waals surface area contributed by atoms with Crippen molar-refractivity contribution in [1.29, 1.82) is 0 Å². The lowest BCUT2D eigenvalue weighted by atomic mass is 9.95. The molecule has 5 aromatic carbocycles. The second kappa shape index (κ2) is 9.89. The molecule has 0 amide bonds. The van der Waals surface area contributed by atoms with E-state index in [9.17, 15) is 0 Å². The molecule has 1 aliphatic rings. The first-order valence-electron chi connectivity index (χ1n) is 14.8. The van der Waals surface area contributed by atoms with Crippen LogP contribution in [0.1, 0.15) is 18.7 Å². The Morgan fingerprint density at radius 1 is 0.500 bits per heavy atom. The minimum Gasteiger partial charge on any atom is -0.456 e. The van der Waals surface area contributed by atoms with Crippen LogP contribution in [0.3, 0.4) is 0 Å². The number of aromatic nitrogens is 3. The molecular formula is C39H25N3O2. The number of nitrogens with zero attached hydrogens (tertiary/aromatic N) is 3. The van der Waals surface area contributed by atoms with Gasteiger partial charge in [0.25, 0.3) is 0 Å². The summed E-state index contributed by atoms with van der Waals surface area (Å²) < 4.78 is 12.9. The van der Waals surface area contributed by atoms with Crippen LogP contribution >= 0.6 is 0 Å². The maximum absolute atomic E-state index is 6.49. The number of allylic oxidation sites excluding steroid dienone is 4. The van der Waals surface area contributed by atoms with Gasteiger partial charge >= 0.3 is 0 Å². The molecule has 0 saturated heterocycles. The van der Waals surface area contributed by atoms with Gasteiger partial charge < -0.3 is 8.83 Å². The van der Waals surface area contributed by atoms with Gasteiger partial charge in [-0.05, 0) is 42.2 Å². The van der Waals surface area contributed by atoms with Gasteiger partial charge in [-0.2, -0.15) is 0 Å². The molecule has 0 fully saturated rings. The lowest BCUT2D eigenvalue weighted by Gasteiger charge is -2.12. The highest BCUT2D eigenvalue weighted by Gasteiger charge is 2.22. The molecule has 5 heteroatoms. The van der Waals surface area contributed by atoms with Crippen LogP contribution in [0.5, 0.6) is 0 Å². The first-order chi connectivity index (χ1) is 21.8. The third-order valence-corrected chi connectivity index (χ3v) is 8.43. The van der Waals surface area contributed by atoms with Crippen LogP contribution in [0, 0.1) is 0 Å². The summed E-state index contributed by atoms with van der Waals surface area (Å²) >= 11 is 0. The predicted octanol–water partition coefficient (Wildman–Crippen LogP) is 10.4. The molecule has 1 aliphatic carbocycles. The molecule has 3 heterocycles. The highest BCUT2D eigenvalue weighted by molar-refractivity contribution is 6.20. The number of benzene rings is 5. The normalized spacial score (nSPS) is 13.3. The van der Waals surface area contributed by atoms with Crippen molar-refractivity contribution in [3.63, 3.8) is 0 Å². The van der Waals surface area contributed by atoms with Gasteiger partial charge in [-0.15, -0.1) is 0 Å². The van der Waals surface area contributed by atoms with Gasteiger partial charge in [-0.3, -0.25) is 0 Å². The number of furan rings is 2. The Morgan fingerprint density at radius 2 is 1.16 bits per heavy atom. The van der Waals surface area contributed by atoms with E-state index in [1.54, 1.807) is 0 Å². The summed E-state index contributed by atoms with van der Waals surface area (Å²) in [6.07, 6.45) is 8.22. The zero-order valence-corrected chi connectivity index (χ0v) is 23.7. The Balaban J connectivity index is 1.33. The maximum atomic E-state index is 6.49. The van der Waals surface area contributed by atoms with Crippen molar-refractivity contribution < 1.29 is 8.83 Å². The molecule has 0 N–H and O–H groups in total. The van der Waals surface area contributed by atoms with E-state index in [4.69, 9.17) is 23.8 Å². The molecule has 0 saturated carbocycles. The van der Waals surface area contributed by atoms with Crippen LogP contribution in [0.25, 0.3) is 83.4 Å². The van der Waals surface area contributed by atoms with Crippen molar-refractivity contribution in [1.82, 2.24) is 15.0 Å². The molecule has 5 nitrogen and oxygen atoms in total. The van der Waals surface area contributed by atoms with E-state index in [1.807, 2.05) is 72.8 Å². The molecule has 9 rings (SSSR count). The SMILES string of the molecule is C1=CCCC(c2nc(-c3ccccc3)nc(-c3cccc4oc5cccc(-c6cccc7c6oc6ccccc67)c5c34)n2)=C1. The fourth-order valence-electron chi connectivity index (χ4n) is 6.38. The zero-order chi connectivity index (χ0) is 29.0. The van der Waals surface area contributed by atoms with Gasteiger partial charge in [0.2, 0.25) is 0 Å². The minimum atomic E-state index is 0.620. The van der Waals surface area contributed by atoms with E-state index in [2.05, 4.69) is 54.6 Å². The summed E-state index contributed by atoms with van der Waals surface area (Å²) in [6, 6.07) is 36.9. The molecule has 0 radical (unpaired) electrons. The van der Waals surface area contributed by atoms with Gasteiger partial charge in [0.15, 0.2) is 17.5 Å². The summed E-state index contributed by atoms with van der Waals surface area (Å²) in [5.74, 6) is 1.97. The Hall–Kier alpha value is -5.81. The highest BCUT2D eigenvalue weighted by Crippen LogP contribution is 2.44. The average molecular weight is 568 g/mol. The molecular weight excluding hydrogens is 542 g/mol. The maximum Gasteiger partial charge on any atom is 0.164 e. The van der Waals surface area contributed by atoms with Crippen molar-refractivity contribution >= 4 is 49.5 Å². The van der Waals surface area contributed by atoms with Crippen LogP contribution < -0.4 is 0 Å². The highest BCUT2D eigenvalue weighted by atomic mass is 16.3. The second-order valence-electron chi connectivity index (χ2n) is 11.1. The third-order valence-electron chi connectivity index (χ3n) is 8.43. The Bertz CT molecular complexity index is 2450. The van der Waals surface area contributed by atoms with Crippen molar-refractivity contribution in [2.24, 2.45) is 0 Å². The van der Waals surface area contributed by atoms with E-state index < -0.39 is 0 Å². The lowest BCUT2D eigenvalue weighted by Crippen LogP contribution is -2.04. The Labute approximate surface area is 252 Å². The smallest absolute Gasteiger partial charge is 0.164 e. The van der Waals surface area contributed by atoms with Crippen LogP contribution in [-0.2, 0) is 0 Å². The standard InChI is InChI=1S/C39H25N3O2/c1-3-12-24(13-4-1)37-40-38(25-14-5-2-6-15-25)42-39(41-37)30-20-11-23-33-35(30)34-27(17-10-22-32(34)43-33)29-19-9-18-28-26-16-7-8-21-31(26)44-36(28)29/h1-5,7-14,16-23H,6,15H2. The second-order valence-corrected chi connectivity index (χ2v) is 11.1. The molecule has 8 aromatic rings. The fourth-order valence-corrected chi connectivity index (χ4v) is 6.38. The molecule has 0 bridgehead atoms. The topological polar surface area (TPSA) is 65.0 Å². The largest absolute Gasteiger partial charge is 0.456 e. The van der Waals surface area contributed by atoms with Gasteiger partial charge in [0.05, 0.1) is 0 Å². The molecule has 0 atom stereocenters. The summed E-state index contributed by atoms with van der Waals surface area (Å²) in [7, 11) is 0. The average Bonchev–Trinajstić information content (AvgIpc) is 3.68. The van der Waals surface area contributed by atoms with Crippen LogP contribution in [0.2, 0.25) is 0 Å². The van der Waals surface area contributed by atoms with Crippen LogP contribution in [-0.4, -0.2) is 15.0 Å². The molecule has 3 aromatic heterocycles. The first-order valence-corrected chi connectivity index (χ1v) is 14.8. The van der Waals surface area contributed by atoms with Crippen molar-refractivity contribution in [2.45, 2.75) is 12.8 Å². The zero-order valence-electron chi connectivity index (χ0n) is 23.7. The third kappa shape index (κ3) is 3.90. The van der Waals surface area contributed by atoms with E-state index in [-0.39, 0.29) is 0 Å². The molecule has 44 heavy (non-hydrogen) atoms. The predicted molar refractivity (Wildman–Crippen MR) is 177 cm³/mol. The molecule has 208 valence electrons. The number of fused-ring (bicyclic) bond motifs is 6. The molecule has 0 aliphatic heterocycles. The van der Waals surface area contributed by atoms with Gasteiger partial charge in [0, 0.05) is 38.2 Å². The Morgan fingerprint density at radius 3 is 2.00 bits per heavy atom. The van der Waals surface area contributed by atoms with Crippen LogP contribution in [0.4, 0.5) is 0 Å². The van der Waals surface area contributed by atoms with E-state index in [0.717, 1.165) is 84.5 Å². The molecule has 0 spiro atoms. The van der Waals surface area contributed by atoms with E-state index in [1.165, 1.54) is 0 Å². The number of hydrogen-bond donors (Lipinski definition) is 0. The minimum absolute atomic E-state index is 0.620. The Kier molecular flexibility index (Phi) is 5.56. The summed E-state index contributed by atoms with van der Waals surface area (Å²) in [4.78, 5) is 15.1. The fraction of sp³-hybridized carbons (Fsp3) is 0.0513. The van der Waals surface area contributed by atoms with E-state index >= 15 is 0 Å². The van der Waals surface area contributed by atoms with Crippen molar-refractivity contribution in [3.05, 3.63) is 133 Å². The van der Waals surface area contributed by atoms with Gasteiger partial charge in [0.1, 0.15) is 22.3 Å². The first kappa shape index (κ1) is 24.8. The summed E-state index contributed by atoms with van der Waals surface area (Å²) in [6.45, 7) is 0. The molecule has 0 unspecified atom stereocenters. The number of para-hydroxylation sites is 2. The van der Waals surface area contributed by atoms with Gasteiger partial charge in [-0.25, -0.2) is 15.0 Å². The monoisotopic (exact) mass is 567 g/mol. The quantitative estimate of drug-likeness (QED) is 0.212. The van der Waals surface area contributed by atoms with Gasteiger partial charge in [-0.1, -0.05) is 109 Å². The van der Waals surface area contributed by atoms with Crippen LogP contribution in [0.15, 0.2) is 136 Å². The number of rotatable bonds is 4. The van der Waals surface area contributed by atoms with Crippen molar-refractivity contribution in [2.75, 3.05) is 0 Å².